The summed E-state index contributed by atoms with van der Waals surface area (Å²) in [5.74, 6) is -0.526. The van der Waals surface area contributed by atoms with Crippen LogP contribution in [0.5, 0.6) is 0 Å². The van der Waals surface area contributed by atoms with Crippen LogP contribution in [0, 0.1) is 5.92 Å². The fourth-order valence-electron chi connectivity index (χ4n) is 4.40. The molecule has 2 aromatic rings. The zero-order valence-corrected chi connectivity index (χ0v) is 13.6. The van der Waals surface area contributed by atoms with E-state index in [1.165, 1.54) is 29.7 Å². The minimum absolute atomic E-state index is 0.0605. The molecule has 5 heteroatoms. The Balaban J connectivity index is 1.82. The monoisotopic (exact) mass is 324 g/mol. The van der Waals surface area contributed by atoms with E-state index >= 15 is 0 Å². The van der Waals surface area contributed by atoms with Crippen molar-refractivity contribution in [2.45, 2.75) is 24.8 Å². The second-order valence-corrected chi connectivity index (χ2v) is 6.61. The molecule has 4 rings (SSSR count). The molecule has 1 N–H and O–H groups in total. The Labute approximate surface area is 140 Å². The topological polar surface area (TPSA) is 62.4 Å². The first-order valence-electron chi connectivity index (χ1n) is 8.23. The van der Waals surface area contributed by atoms with E-state index in [0.717, 1.165) is 11.9 Å². The van der Waals surface area contributed by atoms with Gasteiger partial charge < -0.3 is 14.6 Å². The van der Waals surface area contributed by atoms with Crippen LogP contribution in [0.4, 0.5) is 0 Å². The molecule has 1 unspecified atom stereocenters. The van der Waals surface area contributed by atoms with Gasteiger partial charge >= 0.3 is 5.97 Å². The summed E-state index contributed by atoms with van der Waals surface area (Å²) < 4.78 is 4.95. The molecule has 0 saturated carbocycles. The number of esters is 1. The normalized spacial score (nSPS) is 25.2. The molecule has 5 nitrogen and oxygen atoms in total. The number of carbonyl (C=O) groups excluding carboxylic acids is 2. The molecule has 0 radical (unpaired) electrons. The van der Waals surface area contributed by atoms with Crippen molar-refractivity contribution in [2.75, 3.05) is 13.7 Å². The van der Waals surface area contributed by atoms with Crippen LogP contribution in [0.2, 0.25) is 0 Å². The molecule has 0 bridgehead atoms. The third kappa shape index (κ3) is 2.08. The van der Waals surface area contributed by atoms with Crippen LogP contribution in [0.1, 0.15) is 23.5 Å². The molecule has 1 amide bonds. The largest absolute Gasteiger partial charge is 0.469 e. The van der Waals surface area contributed by atoms with Gasteiger partial charge in [-0.15, -0.1) is 0 Å². The van der Waals surface area contributed by atoms with Gasteiger partial charge in [-0.2, -0.15) is 0 Å². The van der Waals surface area contributed by atoms with Crippen molar-refractivity contribution in [1.29, 1.82) is 0 Å². The van der Waals surface area contributed by atoms with Crippen molar-refractivity contribution in [1.82, 2.24) is 9.88 Å². The molecule has 2 heterocycles. The predicted molar refractivity (Wildman–Crippen MR) is 90.6 cm³/mol. The number of aromatic nitrogens is 1. The van der Waals surface area contributed by atoms with Gasteiger partial charge in [0.25, 0.3) is 0 Å². The average molecular weight is 324 g/mol. The highest BCUT2D eigenvalue weighted by Crippen LogP contribution is 2.45. The van der Waals surface area contributed by atoms with Crippen molar-refractivity contribution < 1.29 is 14.3 Å². The second kappa shape index (κ2) is 5.51. The quantitative estimate of drug-likeness (QED) is 0.681. The van der Waals surface area contributed by atoms with Crippen LogP contribution in [0.15, 0.2) is 37.1 Å². The molecule has 24 heavy (non-hydrogen) atoms. The molecule has 1 aromatic carbocycles. The fraction of sp³-hybridized carbons (Fsp3) is 0.368. The smallest absolute Gasteiger partial charge is 0.310 e. The number of carbonyl (C=O) groups is 2. The zero-order valence-electron chi connectivity index (χ0n) is 13.6. The van der Waals surface area contributed by atoms with Crippen molar-refractivity contribution in [3.05, 3.63) is 48.2 Å². The number of amides is 1. The van der Waals surface area contributed by atoms with Gasteiger partial charge in [0.2, 0.25) is 5.91 Å². The van der Waals surface area contributed by atoms with E-state index in [9.17, 15) is 9.59 Å². The Morgan fingerprint density at radius 3 is 3.00 bits per heavy atom. The summed E-state index contributed by atoms with van der Waals surface area (Å²) in [6.07, 6.45) is 4.88. The molecule has 2 aliphatic rings. The van der Waals surface area contributed by atoms with Gasteiger partial charge in [0.05, 0.1) is 13.0 Å². The lowest BCUT2D eigenvalue weighted by Crippen LogP contribution is -2.53. The highest BCUT2D eigenvalue weighted by molar-refractivity contribution is 5.91. The van der Waals surface area contributed by atoms with E-state index in [1.807, 2.05) is 12.3 Å². The maximum absolute atomic E-state index is 12.4. The Kier molecular flexibility index (Phi) is 3.44. The van der Waals surface area contributed by atoms with Gasteiger partial charge in [0, 0.05) is 35.6 Å². The van der Waals surface area contributed by atoms with Crippen LogP contribution in [-0.4, -0.2) is 41.5 Å². The summed E-state index contributed by atoms with van der Waals surface area (Å²) in [7, 11) is 1.40. The van der Waals surface area contributed by atoms with Crippen molar-refractivity contribution in [3.63, 3.8) is 0 Å². The number of ether oxygens (including phenoxy) is 1. The Hall–Kier alpha value is -2.56. The van der Waals surface area contributed by atoms with Crippen LogP contribution < -0.4 is 0 Å². The molecule has 3 atom stereocenters. The number of rotatable bonds is 2. The van der Waals surface area contributed by atoms with E-state index in [2.05, 4.69) is 23.7 Å². The van der Waals surface area contributed by atoms with E-state index < -0.39 is 0 Å². The summed E-state index contributed by atoms with van der Waals surface area (Å²) in [6, 6.07) is 6.27. The molecule has 1 aliphatic carbocycles. The zero-order chi connectivity index (χ0) is 16.8. The molecule has 1 aliphatic heterocycles. The molecular weight excluding hydrogens is 304 g/mol. The van der Waals surface area contributed by atoms with Gasteiger partial charge in [0.1, 0.15) is 0 Å². The lowest BCUT2D eigenvalue weighted by Gasteiger charge is -2.46. The molecule has 1 aromatic heterocycles. The minimum atomic E-state index is -0.295. The van der Waals surface area contributed by atoms with Crippen molar-refractivity contribution >= 4 is 22.8 Å². The van der Waals surface area contributed by atoms with Crippen LogP contribution in [0.3, 0.4) is 0 Å². The van der Waals surface area contributed by atoms with Crippen LogP contribution >= 0.6 is 0 Å². The number of hydrogen-bond acceptors (Lipinski definition) is 3. The standard InChI is InChI=1S/C19H20N2O3/c1-3-17(22)21-10-12(19(23)24-2)7-14-13-5-4-6-15-18(13)11(9-20-15)8-16(14)21/h3-6,9,12,14,16,20H,1,7-8,10H2,2H3/t12?,14-,16-/m0/s1. The first-order chi connectivity index (χ1) is 11.6. The van der Waals surface area contributed by atoms with Gasteiger partial charge in [-0.25, -0.2) is 0 Å². The molecule has 1 saturated heterocycles. The summed E-state index contributed by atoms with van der Waals surface area (Å²) in [6.45, 7) is 4.02. The number of H-pyrrole nitrogens is 1. The molecule has 124 valence electrons. The summed E-state index contributed by atoms with van der Waals surface area (Å²) in [4.78, 5) is 29.7. The van der Waals surface area contributed by atoms with Gasteiger partial charge in [0.15, 0.2) is 0 Å². The van der Waals surface area contributed by atoms with E-state index in [1.54, 1.807) is 4.90 Å². The molecular formula is C19H20N2O3. The van der Waals surface area contributed by atoms with E-state index in [-0.39, 0.29) is 29.8 Å². The first-order valence-corrected chi connectivity index (χ1v) is 8.23. The van der Waals surface area contributed by atoms with Gasteiger partial charge in [-0.05, 0) is 36.1 Å². The third-order valence-electron chi connectivity index (χ3n) is 5.46. The number of piperidine rings is 1. The van der Waals surface area contributed by atoms with E-state index in [4.69, 9.17) is 4.74 Å². The average Bonchev–Trinajstić information content (AvgIpc) is 3.04. The van der Waals surface area contributed by atoms with Gasteiger partial charge in [-0.3, -0.25) is 9.59 Å². The van der Waals surface area contributed by atoms with Gasteiger partial charge in [-0.1, -0.05) is 18.7 Å². The summed E-state index contributed by atoms with van der Waals surface area (Å²) >= 11 is 0. The Morgan fingerprint density at radius 2 is 2.25 bits per heavy atom. The van der Waals surface area contributed by atoms with Crippen LogP contribution in [-0.2, 0) is 20.7 Å². The van der Waals surface area contributed by atoms with Crippen LogP contribution in [0.25, 0.3) is 10.9 Å². The number of likely N-dealkylation sites (tertiary alicyclic amines) is 1. The number of fused-ring (bicyclic) bond motifs is 2. The number of methoxy groups -OCH3 is 1. The number of nitrogens with zero attached hydrogens (tertiary/aromatic N) is 1. The van der Waals surface area contributed by atoms with Crippen molar-refractivity contribution in [2.24, 2.45) is 5.92 Å². The summed E-state index contributed by atoms with van der Waals surface area (Å²) in [5.41, 5.74) is 3.57. The minimum Gasteiger partial charge on any atom is -0.469 e. The highest BCUT2D eigenvalue weighted by atomic mass is 16.5. The second-order valence-electron chi connectivity index (χ2n) is 6.61. The number of aromatic amines is 1. The molecule has 0 spiro atoms. The Morgan fingerprint density at radius 1 is 1.42 bits per heavy atom. The fourth-order valence-corrected chi connectivity index (χ4v) is 4.40. The van der Waals surface area contributed by atoms with Crippen molar-refractivity contribution in [3.8, 4) is 0 Å². The summed E-state index contributed by atoms with van der Waals surface area (Å²) in [5, 5.41) is 1.25. The first kappa shape index (κ1) is 15.0. The maximum atomic E-state index is 12.4. The lowest BCUT2D eigenvalue weighted by molar-refractivity contribution is -0.150. The Bertz CT molecular complexity index is 838. The number of nitrogens with one attached hydrogen (secondary N) is 1. The van der Waals surface area contributed by atoms with E-state index in [0.29, 0.717) is 13.0 Å². The highest BCUT2D eigenvalue weighted by Gasteiger charge is 2.44. The number of hydrogen-bond donors (Lipinski definition) is 1. The molecule has 1 fully saturated rings. The lowest BCUT2D eigenvalue weighted by atomic mass is 9.72. The maximum Gasteiger partial charge on any atom is 0.310 e. The number of benzene rings is 1. The third-order valence-corrected chi connectivity index (χ3v) is 5.46. The SMILES string of the molecule is C=CC(=O)N1CC(C(=O)OC)C[C@H]2c3cccc4[nH]cc(c34)C[C@@H]21. The predicted octanol–water partition coefficient (Wildman–Crippen LogP) is 2.38.